The molecule has 0 radical (unpaired) electrons. The Kier molecular flexibility index (Phi) is 5.58. The highest BCUT2D eigenvalue weighted by atomic mass is 35.5. The number of benzene rings is 2. The number of rotatable bonds is 5. The molecule has 0 saturated heterocycles. The van der Waals surface area contributed by atoms with Crippen molar-refractivity contribution in [2.45, 2.75) is 20.4 Å². The number of quaternary nitrogens is 1. The minimum Gasteiger partial charge on any atom is -0.326 e. The molecule has 0 heterocycles. The van der Waals surface area contributed by atoms with E-state index in [4.69, 9.17) is 11.6 Å². The summed E-state index contributed by atoms with van der Waals surface area (Å²) in [6, 6.07) is 13.8. The first-order valence-corrected chi connectivity index (χ1v) is 7.76. The highest BCUT2D eigenvalue weighted by Gasteiger charge is 2.13. The molecule has 3 nitrogen and oxygen atoms in total. The van der Waals surface area contributed by atoms with Crippen molar-refractivity contribution in [3.63, 3.8) is 0 Å². The predicted molar refractivity (Wildman–Crippen MR) is 91.5 cm³/mol. The molecule has 22 heavy (non-hydrogen) atoms. The first kappa shape index (κ1) is 16.5. The van der Waals surface area contributed by atoms with E-state index in [0.29, 0.717) is 11.6 Å². The number of nitrogens with one attached hydrogen (secondary N) is 2. The van der Waals surface area contributed by atoms with Gasteiger partial charge in [-0.15, -0.1) is 0 Å². The Hall–Kier alpha value is -1.84. The largest absolute Gasteiger partial charge is 0.326 e. The number of likely N-dealkylation sites (N-methyl/N-ethyl adjacent to an activating group) is 1. The highest BCUT2D eigenvalue weighted by molar-refractivity contribution is 6.31. The summed E-state index contributed by atoms with van der Waals surface area (Å²) in [6.45, 7) is 5.24. The summed E-state index contributed by atoms with van der Waals surface area (Å²) < 4.78 is 0. The third kappa shape index (κ3) is 4.33. The molecule has 0 aliphatic carbocycles. The van der Waals surface area contributed by atoms with Crippen LogP contribution in [0.3, 0.4) is 0 Å². The van der Waals surface area contributed by atoms with Crippen molar-refractivity contribution in [3.05, 3.63) is 64.2 Å². The average molecular weight is 318 g/mol. The SMILES string of the molecule is Cc1ccccc1C[NH+](C)CC(=O)Nc1cccc(Cl)c1C. The fourth-order valence-corrected chi connectivity index (χ4v) is 2.58. The Morgan fingerprint density at radius 2 is 1.86 bits per heavy atom. The molecular formula is C18H22ClN2O+. The van der Waals surface area contributed by atoms with Crippen LogP contribution in [-0.2, 0) is 11.3 Å². The molecule has 0 saturated carbocycles. The van der Waals surface area contributed by atoms with Gasteiger partial charge in [-0.3, -0.25) is 4.79 Å². The number of hydrogen-bond acceptors (Lipinski definition) is 1. The number of aryl methyl sites for hydroxylation is 1. The zero-order valence-corrected chi connectivity index (χ0v) is 14.0. The third-order valence-corrected chi connectivity index (χ3v) is 4.17. The Balaban J connectivity index is 1.94. The van der Waals surface area contributed by atoms with Crippen LogP contribution in [0.2, 0.25) is 5.02 Å². The van der Waals surface area contributed by atoms with E-state index < -0.39 is 0 Å². The Morgan fingerprint density at radius 3 is 2.59 bits per heavy atom. The molecule has 0 aliphatic rings. The summed E-state index contributed by atoms with van der Waals surface area (Å²) >= 11 is 6.07. The van der Waals surface area contributed by atoms with Crippen molar-refractivity contribution in [3.8, 4) is 0 Å². The Bertz CT molecular complexity index is 670. The van der Waals surface area contributed by atoms with E-state index >= 15 is 0 Å². The van der Waals surface area contributed by atoms with Crippen LogP contribution in [0.25, 0.3) is 0 Å². The van der Waals surface area contributed by atoms with Crippen LogP contribution in [0.4, 0.5) is 5.69 Å². The fraction of sp³-hybridized carbons (Fsp3) is 0.278. The summed E-state index contributed by atoms with van der Waals surface area (Å²) in [4.78, 5) is 13.3. The lowest BCUT2D eigenvalue weighted by molar-refractivity contribution is -0.885. The van der Waals surface area contributed by atoms with E-state index in [-0.39, 0.29) is 5.91 Å². The van der Waals surface area contributed by atoms with E-state index in [0.717, 1.165) is 22.7 Å². The van der Waals surface area contributed by atoms with Crippen molar-refractivity contribution in [2.75, 3.05) is 18.9 Å². The average Bonchev–Trinajstić information content (AvgIpc) is 2.46. The second-order valence-electron chi connectivity index (χ2n) is 5.70. The molecule has 0 aliphatic heterocycles. The molecule has 1 unspecified atom stereocenters. The first-order valence-electron chi connectivity index (χ1n) is 7.38. The molecule has 2 aromatic rings. The van der Waals surface area contributed by atoms with Crippen LogP contribution >= 0.6 is 11.6 Å². The second-order valence-corrected chi connectivity index (χ2v) is 6.10. The standard InChI is InChI=1S/C18H21ClN2O/c1-13-7-4-5-8-15(13)11-21(3)12-18(22)20-17-10-6-9-16(19)14(17)2/h4-10H,11-12H2,1-3H3,(H,20,22)/p+1. The molecule has 1 amide bonds. The van der Waals surface area contributed by atoms with Gasteiger partial charge in [0.15, 0.2) is 6.54 Å². The van der Waals surface area contributed by atoms with Crippen molar-refractivity contribution in [1.82, 2.24) is 0 Å². The predicted octanol–water partition coefficient (Wildman–Crippen LogP) is 2.61. The van der Waals surface area contributed by atoms with Crippen molar-refractivity contribution in [1.29, 1.82) is 0 Å². The van der Waals surface area contributed by atoms with Crippen LogP contribution in [0.5, 0.6) is 0 Å². The third-order valence-electron chi connectivity index (χ3n) is 3.76. The molecule has 2 aromatic carbocycles. The first-order chi connectivity index (χ1) is 10.5. The summed E-state index contributed by atoms with van der Waals surface area (Å²) in [5.41, 5.74) is 4.20. The van der Waals surface area contributed by atoms with Gasteiger partial charge in [-0.25, -0.2) is 0 Å². The molecule has 116 valence electrons. The molecular weight excluding hydrogens is 296 g/mol. The van der Waals surface area contributed by atoms with Gasteiger partial charge in [0.2, 0.25) is 0 Å². The molecule has 0 aromatic heterocycles. The molecule has 2 rings (SSSR count). The summed E-state index contributed by atoms with van der Waals surface area (Å²) in [6.07, 6.45) is 0. The number of amides is 1. The van der Waals surface area contributed by atoms with Crippen LogP contribution in [0, 0.1) is 13.8 Å². The zero-order valence-electron chi connectivity index (χ0n) is 13.2. The normalized spacial score (nSPS) is 12.0. The van der Waals surface area contributed by atoms with Gasteiger partial charge in [0.05, 0.1) is 7.05 Å². The maximum absolute atomic E-state index is 12.2. The van der Waals surface area contributed by atoms with Crippen molar-refractivity contribution >= 4 is 23.2 Å². The summed E-state index contributed by atoms with van der Waals surface area (Å²) in [5, 5.41) is 3.60. The molecule has 2 N–H and O–H groups in total. The molecule has 0 bridgehead atoms. The van der Waals surface area contributed by atoms with Crippen LogP contribution in [0.1, 0.15) is 16.7 Å². The minimum atomic E-state index is -0.00329. The molecule has 4 heteroatoms. The van der Waals surface area contributed by atoms with Gasteiger partial charge >= 0.3 is 0 Å². The summed E-state index contributed by atoms with van der Waals surface area (Å²) in [5.74, 6) is -0.00329. The van der Waals surface area contributed by atoms with E-state index in [2.05, 4.69) is 24.4 Å². The van der Waals surface area contributed by atoms with Gasteiger partial charge in [-0.05, 0) is 37.1 Å². The lowest BCUT2D eigenvalue weighted by Gasteiger charge is -2.16. The van der Waals surface area contributed by atoms with E-state index in [1.54, 1.807) is 0 Å². The fourth-order valence-electron chi connectivity index (χ4n) is 2.41. The Morgan fingerprint density at radius 1 is 1.14 bits per heavy atom. The van der Waals surface area contributed by atoms with Crippen LogP contribution in [-0.4, -0.2) is 19.5 Å². The smallest absolute Gasteiger partial charge is 0.279 e. The summed E-state index contributed by atoms with van der Waals surface area (Å²) in [7, 11) is 2.02. The van der Waals surface area contributed by atoms with Gasteiger partial charge in [-0.2, -0.15) is 0 Å². The van der Waals surface area contributed by atoms with Gasteiger partial charge in [0.25, 0.3) is 5.91 Å². The maximum Gasteiger partial charge on any atom is 0.279 e. The van der Waals surface area contributed by atoms with Gasteiger partial charge in [0.1, 0.15) is 6.54 Å². The van der Waals surface area contributed by atoms with Gasteiger partial charge < -0.3 is 10.2 Å². The minimum absolute atomic E-state index is 0.00329. The van der Waals surface area contributed by atoms with E-state index in [9.17, 15) is 4.79 Å². The second kappa shape index (κ2) is 7.43. The molecule has 1 atom stereocenters. The van der Waals surface area contributed by atoms with Crippen molar-refractivity contribution in [2.24, 2.45) is 0 Å². The maximum atomic E-state index is 12.2. The lowest BCUT2D eigenvalue weighted by atomic mass is 10.1. The van der Waals surface area contributed by atoms with Crippen molar-refractivity contribution < 1.29 is 9.69 Å². The number of halogens is 1. The van der Waals surface area contributed by atoms with E-state index in [1.165, 1.54) is 11.1 Å². The quantitative estimate of drug-likeness (QED) is 0.873. The van der Waals surface area contributed by atoms with Gasteiger partial charge in [0, 0.05) is 16.3 Å². The number of anilines is 1. The highest BCUT2D eigenvalue weighted by Crippen LogP contribution is 2.22. The zero-order chi connectivity index (χ0) is 16.1. The van der Waals surface area contributed by atoms with Crippen LogP contribution in [0.15, 0.2) is 42.5 Å². The Labute approximate surface area is 136 Å². The number of hydrogen-bond donors (Lipinski definition) is 2. The van der Waals surface area contributed by atoms with E-state index in [1.807, 2.05) is 44.3 Å². The molecule has 0 spiro atoms. The van der Waals surface area contributed by atoms with Gasteiger partial charge in [-0.1, -0.05) is 41.9 Å². The topological polar surface area (TPSA) is 33.5 Å². The van der Waals surface area contributed by atoms with Crippen LogP contribution < -0.4 is 10.2 Å². The monoisotopic (exact) mass is 317 g/mol. The number of carbonyl (C=O) groups is 1. The number of carbonyl (C=O) groups excluding carboxylic acids is 1. The lowest BCUT2D eigenvalue weighted by Crippen LogP contribution is -3.08. The molecule has 0 fully saturated rings.